The summed E-state index contributed by atoms with van der Waals surface area (Å²) in [5.41, 5.74) is 0.852. The molecule has 2 aliphatic rings. The van der Waals surface area contributed by atoms with Crippen LogP contribution in [0.15, 0.2) is 30.3 Å². The summed E-state index contributed by atoms with van der Waals surface area (Å²) in [5, 5.41) is 8.86. The number of nitrogens with zero attached hydrogens (tertiary/aromatic N) is 1. The lowest BCUT2D eigenvalue weighted by Gasteiger charge is -2.38. The lowest BCUT2D eigenvalue weighted by Crippen LogP contribution is -2.44. The minimum Gasteiger partial charge on any atom is -0.492 e. The third-order valence-electron chi connectivity index (χ3n) is 5.97. The number of likely N-dealkylation sites (tertiary alicyclic amines) is 1. The zero-order valence-corrected chi connectivity index (χ0v) is 17.1. The van der Waals surface area contributed by atoms with Crippen LogP contribution in [0.5, 0.6) is 11.5 Å². The van der Waals surface area contributed by atoms with Crippen LogP contribution in [0.3, 0.4) is 0 Å². The first-order valence-electron chi connectivity index (χ1n) is 9.84. The van der Waals surface area contributed by atoms with Gasteiger partial charge in [-0.1, -0.05) is 17.7 Å². The van der Waals surface area contributed by atoms with Gasteiger partial charge in [0.05, 0.1) is 18.6 Å². The quantitative estimate of drug-likeness (QED) is 0.726. The smallest absolute Gasteiger partial charge is 0.304 e. The number of carbonyl (C=O) groups is 1. The Balaban J connectivity index is 1.41. The number of rotatable bonds is 6. The van der Waals surface area contributed by atoms with Gasteiger partial charge in [-0.05, 0) is 44.1 Å². The third-order valence-corrected chi connectivity index (χ3v) is 6.19. The summed E-state index contributed by atoms with van der Waals surface area (Å²) in [5.74, 6) is -1.07. The van der Waals surface area contributed by atoms with Crippen molar-refractivity contribution < 1.29 is 28.2 Å². The minimum atomic E-state index is -0.782. The fourth-order valence-corrected chi connectivity index (χ4v) is 4.37. The Morgan fingerprint density at radius 3 is 2.57 bits per heavy atom. The highest BCUT2D eigenvalue weighted by molar-refractivity contribution is 6.30. The summed E-state index contributed by atoms with van der Waals surface area (Å²) in [6, 6.07) is 7.62. The normalized spacial score (nSPS) is 17.6. The van der Waals surface area contributed by atoms with Crippen LogP contribution in [0.4, 0.5) is 8.78 Å². The predicted octanol–water partition coefficient (Wildman–Crippen LogP) is 4.40. The van der Waals surface area contributed by atoms with E-state index in [1.54, 1.807) is 12.1 Å². The summed E-state index contributed by atoms with van der Waals surface area (Å²) in [4.78, 5) is 12.9. The Bertz CT molecular complexity index is 937. The Hall–Kier alpha value is -2.38. The van der Waals surface area contributed by atoms with Gasteiger partial charge in [0.15, 0.2) is 0 Å². The molecule has 2 heterocycles. The number of halogens is 3. The van der Waals surface area contributed by atoms with Crippen LogP contribution < -0.4 is 9.47 Å². The summed E-state index contributed by atoms with van der Waals surface area (Å²) in [7, 11) is 0. The predicted molar refractivity (Wildman–Crippen MR) is 107 cm³/mol. The van der Waals surface area contributed by atoms with E-state index < -0.39 is 17.6 Å². The van der Waals surface area contributed by atoms with Gasteiger partial charge in [0, 0.05) is 28.6 Å². The number of aliphatic carboxylic acids is 1. The van der Waals surface area contributed by atoms with Gasteiger partial charge in [-0.25, -0.2) is 8.78 Å². The molecule has 0 amide bonds. The fourth-order valence-electron chi connectivity index (χ4n) is 4.18. The Morgan fingerprint density at radius 1 is 1.20 bits per heavy atom. The van der Waals surface area contributed by atoms with Crippen molar-refractivity contribution in [2.75, 3.05) is 26.2 Å². The molecule has 0 aromatic heterocycles. The van der Waals surface area contributed by atoms with E-state index in [0.717, 1.165) is 49.4 Å². The molecule has 0 radical (unpaired) electrons. The van der Waals surface area contributed by atoms with Crippen LogP contribution in [0.1, 0.15) is 30.4 Å². The van der Waals surface area contributed by atoms with Crippen molar-refractivity contribution in [3.63, 3.8) is 0 Å². The lowest BCUT2D eigenvalue weighted by atomic mass is 9.74. The molecule has 0 atom stereocenters. The average Bonchev–Trinajstić information content (AvgIpc) is 3.04. The molecule has 0 saturated carbocycles. The van der Waals surface area contributed by atoms with Crippen molar-refractivity contribution >= 4 is 17.6 Å². The molecular weight excluding hydrogens is 416 g/mol. The molecule has 2 aromatic carbocycles. The van der Waals surface area contributed by atoms with E-state index in [-0.39, 0.29) is 29.0 Å². The van der Waals surface area contributed by atoms with Crippen molar-refractivity contribution in [2.24, 2.45) is 0 Å². The Kier molecular flexibility index (Phi) is 5.84. The Morgan fingerprint density at radius 2 is 1.90 bits per heavy atom. The van der Waals surface area contributed by atoms with Crippen molar-refractivity contribution in [1.29, 1.82) is 0 Å². The zero-order valence-electron chi connectivity index (χ0n) is 16.3. The molecule has 30 heavy (non-hydrogen) atoms. The summed E-state index contributed by atoms with van der Waals surface area (Å²) in [6.07, 6.45) is 1.93. The topological polar surface area (TPSA) is 59.0 Å². The lowest BCUT2D eigenvalue weighted by molar-refractivity contribution is -0.137. The van der Waals surface area contributed by atoms with E-state index in [1.807, 2.05) is 6.07 Å². The first-order chi connectivity index (χ1) is 14.4. The monoisotopic (exact) mass is 437 g/mol. The highest BCUT2D eigenvalue weighted by atomic mass is 35.5. The van der Waals surface area contributed by atoms with E-state index in [4.69, 9.17) is 26.2 Å². The van der Waals surface area contributed by atoms with Crippen LogP contribution in [-0.2, 0) is 16.8 Å². The molecule has 1 saturated heterocycles. The molecule has 1 N–H and O–H groups in total. The van der Waals surface area contributed by atoms with Crippen molar-refractivity contribution in [3.05, 3.63) is 58.1 Å². The van der Waals surface area contributed by atoms with E-state index in [0.29, 0.717) is 18.9 Å². The first kappa shape index (κ1) is 20.9. The van der Waals surface area contributed by atoms with Gasteiger partial charge >= 0.3 is 5.97 Å². The number of carboxylic acids is 1. The first-order valence-corrected chi connectivity index (χ1v) is 10.2. The third kappa shape index (κ3) is 4.23. The average molecular weight is 438 g/mol. The summed E-state index contributed by atoms with van der Waals surface area (Å²) < 4.78 is 39.4. The molecule has 2 aliphatic heterocycles. The second kappa shape index (κ2) is 8.40. The largest absolute Gasteiger partial charge is 0.492 e. The number of benzene rings is 2. The van der Waals surface area contributed by atoms with E-state index >= 15 is 0 Å². The van der Waals surface area contributed by atoms with Gasteiger partial charge < -0.3 is 19.5 Å². The molecule has 0 aliphatic carbocycles. The molecule has 5 nitrogen and oxygen atoms in total. The second-order valence-corrected chi connectivity index (χ2v) is 8.29. The van der Waals surface area contributed by atoms with Crippen LogP contribution in [0.25, 0.3) is 0 Å². The zero-order chi connectivity index (χ0) is 21.3. The van der Waals surface area contributed by atoms with Gasteiger partial charge in [0.2, 0.25) is 0 Å². The van der Waals surface area contributed by atoms with Gasteiger partial charge in [0.25, 0.3) is 0 Å². The molecule has 1 fully saturated rings. The van der Waals surface area contributed by atoms with Crippen molar-refractivity contribution in [3.8, 4) is 11.5 Å². The van der Waals surface area contributed by atoms with Gasteiger partial charge in [-0.3, -0.25) is 4.79 Å². The SMILES string of the molecule is O=C(O)CCN1CCC2(CC1)COc1cc(OCc3c(F)cc(Cl)cc3F)ccc12. The van der Waals surface area contributed by atoms with E-state index in [9.17, 15) is 13.6 Å². The highest BCUT2D eigenvalue weighted by Gasteiger charge is 2.43. The number of piperidine rings is 1. The molecule has 4 rings (SSSR count). The van der Waals surface area contributed by atoms with Gasteiger partial charge in [-0.15, -0.1) is 0 Å². The Labute approximate surface area is 178 Å². The van der Waals surface area contributed by atoms with Crippen LogP contribution >= 0.6 is 11.6 Å². The number of hydrogen-bond acceptors (Lipinski definition) is 4. The number of carboxylic acid groups (broad SMARTS) is 1. The number of hydrogen-bond donors (Lipinski definition) is 1. The van der Waals surface area contributed by atoms with E-state index in [2.05, 4.69) is 4.90 Å². The standard InChI is InChI=1S/C22H22ClF2NO4/c23-14-9-18(24)16(19(25)10-14)12-29-15-1-2-17-20(11-15)30-13-22(17)4-7-26(8-5-22)6-3-21(27)28/h1-2,9-11H,3-8,12-13H2,(H,27,28). The molecular formula is C22H22ClF2NO4. The molecule has 160 valence electrons. The maximum absolute atomic E-state index is 13.9. The fraction of sp³-hybridized carbons (Fsp3) is 0.409. The molecule has 8 heteroatoms. The summed E-state index contributed by atoms with van der Waals surface area (Å²) in [6.45, 7) is 2.52. The maximum Gasteiger partial charge on any atom is 0.304 e. The van der Waals surface area contributed by atoms with E-state index in [1.165, 1.54) is 0 Å². The van der Waals surface area contributed by atoms with Crippen LogP contribution in [0, 0.1) is 11.6 Å². The van der Waals surface area contributed by atoms with Crippen LogP contribution in [0.2, 0.25) is 5.02 Å². The van der Waals surface area contributed by atoms with Gasteiger partial charge in [-0.2, -0.15) is 0 Å². The maximum atomic E-state index is 13.9. The molecule has 0 unspecified atom stereocenters. The molecule has 2 aromatic rings. The second-order valence-electron chi connectivity index (χ2n) is 7.85. The van der Waals surface area contributed by atoms with Crippen molar-refractivity contribution in [2.45, 2.75) is 31.3 Å². The minimum absolute atomic E-state index is 0.000938. The van der Waals surface area contributed by atoms with Gasteiger partial charge in [0.1, 0.15) is 29.7 Å². The summed E-state index contributed by atoms with van der Waals surface area (Å²) >= 11 is 5.65. The number of fused-ring (bicyclic) bond motifs is 2. The number of ether oxygens (including phenoxy) is 2. The molecule has 0 bridgehead atoms. The van der Waals surface area contributed by atoms with Crippen LogP contribution in [-0.4, -0.2) is 42.2 Å². The van der Waals surface area contributed by atoms with Crippen molar-refractivity contribution in [1.82, 2.24) is 4.90 Å². The highest BCUT2D eigenvalue weighted by Crippen LogP contribution is 2.46. The molecule has 1 spiro atoms.